The summed E-state index contributed by atoms with van der Waals surface area (Å²) in [5, 5.41) is 4.82. The third-order valence-electron chi connectivity index (χ3n) is 3.32. The number of thiazole rings is 1. The molecular formula is C14H24N2OS. The number of hydrogen-bond acceptors (Lipinski definition) is 4. The van der Waals surface area contributed by atoms with Gasteiger partial charge in [-0.15, -0.1) is 11.3 Å². The van der Waals surface area contributed by atoms with E-state index in [9.17, 15) is 0 Å². The summed E-state index contributed by atoms with van der Waals surface area (Å²) < 4.78 is 5.41. The molecule has 0 unspecified atom stereocenters. The molecule has 18 heavy (non-hydrogen) atoms. The van der Waals surface area contributed by atoms with E-state index in [1.54, 1.807) is 0 Å². The van der Waals surface area contributed by atoms with E-state index in [0.29, 0.717) is 11.8 Å². The van der Waals surface area contributed by atoms with Crippen LogP contribution in [0.5, 0.6) is 0 Å². The second-order valence-corrected chi connectivity index (χ2v) is 6.59. The molecule has 102 valence electrons. The van der Waals surface area contributed by atoms with Gasteiger partial charge in [0, 0.05) is 30.6 Å². The van der Waals surface area contributed by atoms with Gasteiger partial charge in [0.1, 0.15) is 0 Å². The Morgan fingerprint density at radius 3 is 2.78 bits per heavy atom. The number of aromatic nitrogens is 1. The lowest BCUT2D eigenvalue weighted by Crippen LogP contribution is -2.18. The number of aryl methyl sites for hydroxylation is 1. The third kappa shape index (κ3) is 3.77. The van der Waals surface area contributed by atoms with E-state index in [4.69, 9.17) is 9.72 Å². The molecule has 1 saturated heterocycles. The molecule has 1 aromatic rings. The summed E-state index contributed by atoms with van der Waals surface area (Å²) in [7, 11) is 0. The average Bonchev–Trinajstić information content (AvgIpc) is 2.72. The van der Waals surface area contributed by atoms with Crippen LogP contribution in [-0.2, 0) is 11.3 Å². The molecule has 0 radical (unpaired) electrons. The number of ether oxygens (including phenoxy) is 1. The molecule has 0 aliphatic carbocycles. The van der Waals surface area contributed by atoms with E-state index in [-0.39, 0.29) is 0 Å². The number of nitrogens with one attached hydrogen (secondary N) is 1. The molecule has 0 spiro atoms. The van der Waals surface area contributed by atoms with Crippen LogP contribution in [0.2, 0.25) is 0 Å². The Kier molecular flexibility index (Phi) is 5.15. The Morgan fingerprint density at radius 2 is 2.11 bits per heavy atom. The highest BCUT2D eigenvalue weighted by molar-refractivity contribution is 7.11. The van der Waals surface area contributed by atoms with Gasteiger partial charge in [0.2, 0.25) is 0 Å². The van der Waals surface area contributed by atoms with Gasteiger partial charge in [-0.1, -0.05) is 13.8 Å². The zero-order chi connectivity index (χ0) is 13.0. The van der Waals surface area contributed by atoms with Crippen molar-refractivity contribution in [1.82, 2.24) is 10.3 Å². The molecule has 3 nitrogen and oxygen atoms in total. The highest BCUT2D eigenvalue weighted by Gasteiger charge is 2.20. The largest absolute Gasteiger partial charge is 0.381 e. The van der Waals surface area contributed by atoms with E-state index in [1.165, 1.54) is 15.6 Å². The molecule has 1 fully saturated rings. The Morgan fingerprint density at radius 1 is 1.39 bits per heavy atom. The quantitative estimate of drug-likeness (QED) is 0.891. The van der Waals surface area contributed by atoms with Crippen molar-refractivity contribution in [3.8, 4) is 0 Å². The van der Waals surface area contributed by atoms with E-state index >= 15 is 0 Å². The lowest BCUT2D eigenvalue weighted by Gasteiger charge is -2.19. The van der Waals surface area contributed by atoms with E-state index in [0.717, 1.165) is 39.1 Å². The molecule has 0 amide bonds. The van der Waals surface area contributed by atoms with Crippen molar-refractivity contribution in [2.75, 3.05) is 19.8 Å². The van der Waals surface area contributed by atoms with Crippen molar-refractivity contribution < 1.29 is 4.74 Å². The topological polar surface area (TPSA) is 34.1 Å². The number of rotatable bonds is 5. The summed E-state index contributed by atoms with van der Waals surface area (Å²) in [6, 6.07) is 0. The fourth-order valence-corrected chi connectivity index (χ4v) is 3.41. The highest BCUT2D eigenvalue weighted by atomic mass is 32.1. The highest BCUT2D eigenvalue weighted by Crippen LogP contribution is 2.31. The Hall–Kier alpha value is -0.450. The van der Waals surface area contributed by atoms with Crippen LogP contribution in [0, 0.1) is 12.8 Å². The van der Waals surface area contributed by atoms with Gasteiger partial charge in [-0.2, -0.15) is 0 Å². The van der Waals surface area contributed by atoms with Crippen molar-refractivity contribution in [1.29, 1.82) is 0 Å². The second-order valence-electron chi connectivity index (χ2n) is 5.47. The molecule has 0 aromatic carbocycles. The maximum Gasteiger partial charge on any atom is 0.0964 e. The van der Waals surface area contributed by atoms with Crippen molar-refractivity contribution in [2.45, 2.75) is 46.1 Å². The predicted molar refractivity (Wildman–Crippen MR) is 76.2 cm³/mol. The molecule has 1 aromatic heterocycles. The maximum atomic E-state index is 5.41. The van der Waals surface area contributed by atoms with Crippen molar-refractivity contribution >= 4 is 11.3 Å². The average molecular weight is 268 g/mol. The molecule has 2 heterocycles. The Labute approximate surface area is 114 Å². The van der Waals surface area contributed by atoms with E-state index in [2.05, 4.69) is 26.1 Å². The van der Waals surface area contributed by atoms with Gasteiger partial charge in [-0.3, -0.25) is 0 Å². The normalized spacial score (nSPS) is 17.6. The van der Waals surface area contributed by atoms with Gasteiger partial charge >= 0.3 is 0 Å². The minimum atomic E-state index is 0.626. The summed E-state index contributed by atoms with van der Waals surface area (Å²) in [5.41, 5.74) is 1.21. The molecule has 4 heteroatoms. The van der Waals surface area contributed by atoms with Gasteiger partial charge in [-0.25, -0.2) is 4.98 Å². The van der Waals surface area contributed by atoms with E-state index < -0.39 is 0 Å². The predicted octanol–water partition coefficient (Wildman–Crippen LogP) is 3.09. The summed E-state index contributed by atoms with van der Waals surface area (Å²) >= 11 is 1.89. The second kappa shape index (κ2) is 6.64. The Bertz CT molecular complexity index is 370. The van der Waals surface area contributed by atoms with Gasteiger partial charge in [0.05, 0.1) is 10.7 Å². The first-order valence-electron chi connectivity index (χ1n) is 6.91. The van der Waals surface area contributed by atoms with Crippen LogP contribution in [0.15, 0.2) is 0 Å². The molecule has 0 atom stereocenters. The van der Waals surface area contributed by atoms with Gasteiger partial charge in [-0.05, 0) is 32.2 Å². The first kappa shape index (κ1) is 14.0. The van der Waals surface area contributed by atoms with Crippen molar-refractivity contribution in [3.63, 3.8) is 0 Å². The summed E-state index contributed by atoms with van der Waals surface area (Å²) in [4.78, 5) is 6.16. The molecule has 0 saturated carbocycles. The summed E-state index contributed by atoms with van der Waals surface area (Å²) in [6.45, 7) is 10.4. The minimum absolute atomic E-state index is 0.626. The van der Waals surface area contributed by atoms with E-state index in [1.807, 2.05) is 11.3 Å². The molecule has 1 N–H and O–H groups in total. The van der Waals surface area contributed by atoms with Crippen LogP contribution in [0.25, 0.3) is 0 Å². The summed E-state index contributed by atoms with van der Waals surface area (Å²) in [5.74, 6) is 1.33. The first-order chi connectivity index (χ1) is 8.66. The SMILES string of the molecule is Cc1nc(C2CCOCC2)sc1CNCC(C)C. The van der Waals surface area contributed by atoms with Gasteiger partial charge in [0.15, 0.2) is 0 Å². The number of nitrogens with zero attached hydrogens (tertiary/aromatic N) is 1. The summed E-state index contributed by atoms with van der Waals surface area (Å²) in [6.07, 6.45) is 2.26. The zero-order valence-corrected chi connectivity index (χ0v) is 12.5. The van der Waals surface area contributed by atoms with Crippen LogP contribution in [0.3, 0.4) is 0 Å². The molecule has 1 aliphatic heterocycles. The van der Waals surface area contributed by atoms with Crippen molar-refractivity contribution in [2.24, 2.45) is 5.92 Å². The van der Waals surface area contributed by atoms with Crippen LogP contribution in [0.1, 0.15) is 48.2 Å². The van der Waals surface area contributed by atoms with Gasteiger partial charge < -0.3 is 10.1 Å². The zero-order valence-electron chi connectivity index (χ0n) is 11.7. The lowest BCUT2D eigenvalue weighted by molar-refractivity contribution is 0.0852. The molecule has 1 aliphatic rings. The number of hydrogen-bond donors (Lipinski definition) is 1. The smallest absolute Gasteiger partial charge is 0.0964 e. The van der Waals surface area contributed by atoms with Crippen LogP contribution in [0.4, 0.5) is 0 Å². The molecule has 0 bridgehead atoms. The van der Waals surface area contributed by atoms with Crippen LogP contribution in [-0.4, -0.2) is 24.7 Å². The fourth-order valence-electron chi connectivity index (χ4n) is 2.21. The standard InChI is InChI=1S/C14H24N2OS/c1-10(2)8-15-9-13-11(3)16-14(18-13)12-4-6-17-7-5-12/h10,12,15H,4-9H2,1-3H3. The molecular weight excluding hydrogens is 244 g/mol. The minimum Gasteiger partial charge on any atom is -0.381 e. The van der Waals surface area contributed by atoms with Crippen LogP contribution >= 0.6 is 11.3 Å². The fraction of sp³-hybridized carbons (Fsp3) is 0.786. The van der Waals surface area contributed by atoms with Crippen LogP contribution < -0.4 is 5.32 Å². The first-order valence-corrected chi connectivity index (χ1v) is 7.73. The maximum absolute atomic E-state index is 5.41. The molecule has 2 rings (SSSR count). The third-order valence-corrected chi connectivity index (χ3v) is 4.64. The lowest BCUT2D eigenvalue weighted by atomic mass is 10.0. The van der Waals surface area contributed by atoms with Gasteiger partial charge in [0.25, 0.3) is 0 Å². The van der Waals surface area contributed by atoms with Crippen molar-refractivity contribution in [3.05, 3.63) is 15.6 Å². The monoisotopic (exact) mass is 268 g/mol. The Balaban J connectivity index is 1.93.